The number of anilines is 1. The lowest BCUT2D eigenvalue weighted by Gasteiger charge is -2.21. The summed E-state index contributed by atoms with van der Waals surface area (Å²) in [5.41, 5.74) is 0. The Morgan fingerprint density at radius 2 is 2.22 bits per heavy atom. The first-order chi connectivity index (χ1) is 8.67. The zero-order valence-corrected chi connectivity index (χ0v) is 11.6. The lowest BCUT2D eigenvalue weighted by Crippen LogP contribution is -2.38. The van der Waals surface area contributed by atoms with Gasteiger partial charge in [0.25, 0.3) is 0 Å². The summed E-state index contributed by atoms with van der Waals surface area (Å²) in [6.07, 6.45) is 3.97. The molecule has 0 saturated carbocycles. The average Bonchev–Trinajstić information content (AvgIpc) is 2.86. The summed E-state index contributed by atoms with van der Waals surface area (Å²) in [6.45, 7) is 4.60. The minimum absolute atomic E-state index is 0.0118. The molecule has 0 bridgehead atoms. The molecule has 5 nitrogen and oxygen atoms in total. The Kier molecular flexibility index (Phi) is 6.35. The van der Waals surface area contributed by atoms with E-state index in [-0.39, 0.29) is 18.4 Å². The molecule has 1 aromatic heterocycles. The van der Waals surface area contributed by atoms with E-state index in [0.717, 1.165) is 12.8 Å². The van der Waals surface area contributed by atoms with Gasteiger partial charge in [-0.05, 0) is 6.42 Å². The first kappa shape index (κ1) is 14.6. The Balaban J connectivity index is 2.48. The Morgan fingerprint density at radius 3 is 2.78 bits per heavy atom. The second-order valence-electron chi connectivity index (χ2n) is 3.91. The second kappa shape index (κ2) is 7.81. The molecule has 0 aliphatic carbocycles. The van der Waals surface area contributed by atoms with E-state index >= 15 is 0 Å². The highest BCUT2D eigenvalue weighted by Gasteiger charge is 2.15. The maximum atomic E-state index is 11.8. The van der Waals surface area contributed by atoms with E-state index in [2.05, 4.69) is 17.2 Å². The number of carbonyl (C=O) groups is 2. The quantitative estimate of drug-likeness (QED) is 0.824. The molecule has 0 atom stereocenters. The first-order valence-corrected chi connectivity index (χ1v) is 7.02. The Morgan fingerprint density at radius 1 is 1.44 bits per heavy atom. The van der Waals surface area contributed by atoms with Crippen LogP contribution in [0, 0.1) is 0 Å². The molecule has 1 aromatic rings. The van der Waals surface area contributed by atoms with Crippen LogP contribution in [-0.2, 0) is 9.59 Å². The second-order valence-corrected chi connectivity index (χ2v) is 4.80. The van der Waals surface area contributed by atoms with E-state index in [4.69, 9.17) is 0 Å². The minimum atomic E-state index is -0.192. The fourth-order valence-electron chi connectivity index (χ4n) is 1.48. The van der Waals surface area contributed by atoms with Gasteiger partial charge < -0.3 is 10.2 Å². The predicted octanol–water partition coefficient (Wildman–Crippen LogP) is 2.12. The number of nitrogens with one attached hydrogen (secondary N) is 1. The zero-order chi connectivity index (χ0) is 13.4. The number of hydrogen-bond donors (Lipinski definition) is 1. The van der Waals surface area contributed by atoms with Crippen molar-refractivity contribution in [2.45, 2.75) is 33.1 Å². The topological polar surface area (TPSA) is 62.3 Å². The van der Waals surface area contributed by atoms with Gasteiger partial charge in [-0.3, -0.25) is 9.59 Å². The molecule has 100 valence electrons. The molecule has 0 fully saturated rings. The first-order valence-electron chi connectivity index (χ1n) is 6.14. The Hall–Kier alpha value is -1.43. The Labute approximate surface area is 111 Å². The monoisotopic (exact) mass is 269 g/mol. The minimum Gasteiger partial charge on any atom is -0.333 e. The van der Waals surface area contributed by atoms with Crippen molar-refractivity contribution in [2.75, 3.05) is 18.4 Å². The van der Waals surface area contributed by atoms with Crippen molar-refractivity contribution in [3.8, 4) is 0 Å². The Bertz CT molecular complexity index is 379. The highest BCUT2D eigenvalue weighted by atomic mass is 32.1. The summed E-state index contributed by atoms with van der Waals surface area (Å²) in [7, 11) is 0. The van der Waals surface area contributed by atoms with E-state index in [0.29, 0.717) is 18.1 Å². The number of nitrogens with zero attached hydrogens (tertiary/aromatic N) is 2. The van der Waals surface area contributed by atoms with Gasteiger partial charge in [0, 0.05) is 24.5 Å². The molecule has 0 aromatic carbocycles. The third-order valence-electron chi connectivity index (χ3n) is 2.45. The number of thiazole rings is 1. The van der Waals surface area contributed by atoms with Crippen molar-refractivity contribution in [3.05, 3.63) is 11.6 Å². The number of amides is 2. The third-order valence-corrected chi connectivity index (χ3v) is 3.14. The van der Waals surface area contributed by atoms with Crippen LogP contribution in [-0.4, -0.2) is 34.8 Å². The van der Waals surface area contributed by atoms with Gasteiger partial charge in [-0.1, -0.05) is 20.3 Å². The molecule has 0 radical (unpaired) electrons. The smallest absolute Gasteiger partial charge is 0.245 e. The lowest BCUT2D eigenvalue weighted by atomic mass is 10.3. The summed E-state index contributed by atoms with van der Waals surface area (Å²) in [5, 5.41) is 5.04. The van der Waals surface area contributed by atoms with Crippen LogP contribution in [0.1, 0.15) is 33.1 Å². The zero-order valence-electron chi connectivity index (χ0n) is 10.8. The van der Waals surface area contributed by atoms with Crippen LogP contribution < -0.4 is 5.32 Å². The molecule has 18 heavy (non-hydrogen) atoms. The molecule has 1 heterocycles. The van der Waals surface area contributed by atoms with Crippen LogP contribution in [0.2, 0.25) is 0 Å². The predicted molar refractivity (Wildman–Crippen MR) is 72.5 cm³/mol. The molecular formula is C12H19N3O2S. The van der Waals surface area contributed by atoms with E-state index in [1.54, 1.807) is 23.4 Å². The summed E-state index contributed by atoms with van der Waals surface area (Å²) in [4.78, 5) is 29.0. The molecule has 1 rings (SSSR count). The highest BCUT2D eigenvalue weighted by molar-refractivity contribution is 7.13. The molecule has 1 N–H and O–H groups in total. The summed E-state index contributed by atoms with van der Waals surface area (Å²) < 4.78 is 0. The fourth-order valence-corrected chi connectivity index (χ4v) is 2.03. The highest BCUT2D eigenvalue weighted by Crippen LogP contribution is 2.10. The van der Waals surface area contributed by atoms with Gasteiger partial charge >= 0.3 is 0 Å². The number of aromatic nitrogens is 1. The number of unbranched alkanes of at least 4 members (excludes halogenated alkanes) is 1. The molecule has 0 aliphatic heterocycles. The maximum Gasteiger partial charge on any atom is 0.245 e. The molecule has 6 heteroatoms. The molecule has 0 spiro atoms. The van der Waals surface area contributed by atoms with Crippen LogP contribution in [0.4, 0.5) is 5.13 Å². The van der Waals surface area contributed by atoms with Crippen molar-refractivity contribution in [1.29, 1.82) is 0 Å². The molecule has 0 unspecified atom stereocenters. The van der Waals surface area contributed by atoms with Crippen molar-refractivity contribution in [2.24, 2.45) is 0 Å². The average molecular weight is 269 g/mol. The normalized spacial score (nSPS) is 10.1. The lowest BCUT2D eigenvalue weighted by molar-refractivity contribution is -0.134. The van der Waals surface area contributed by atoms with E-state index < -0.39 is 0 Å². The van der Waals surface area contributed by atoms with Crippen molar-refractivity contribution in [1.82, 2.24) is 9.88 Å². The van der Waals surface area contributed by atoms with Crippen molar-refractivity contribution in [3.63, 3.8) is 0 Å². The van der Waals surface area contributed by atoms with Gasteiger partial charge in [-0.2, -0.15) is 0 Å². The van der Waals surface area contributed by atoms with Gasteiger partial charge in [0.05, 0.1) is 6.54 Å². The van der Waals surface area contributed by atoms with Gasteiger partial charge in [-0.15, -0.1) is 11.3 Å². The van der Waals surface area contributed by atoms with Crippen LogP contribution in [0.25, 0.3) is 0 Å². The summed E-state index contributed by atoms with van der Waals surface area (Å²) in [5.74, 6) is -0.180. The number of rotatable bonds is 7. The van der Waals surface area contributed by atoms with Crippen molar-refractivity contribution >= 4 is 28.3 Å². The SMILES string of the molecule is CCCCN(CC(=O)Nc1nccs1)C(=O)CC. The summed E-state index contributed by atoms with van der Waals surface area (Å²) >= 11 is 1.36. The molecule has 0 aliphatic rings. The van der Waals surface area contributed by atoms with Crippen LogP contribution in [0.15, 0.2) is 11.6 Å². The van der Waals surface area contributed by atoms with Gasteiger partial charge in [-0.25, -0.2) is 4.98 Å². The van der Waals surface area contributed by atoms with Crippen molar-refractivity contribution < 1.29 is 9.59 Å². The number of hydrogen-bond acceptors (Lipinski definition) is 4. The largest absolute Gasteiger partial charge is 0.333 e. The van der Waals surface area contributed by atoms with Crippen LogP contribution in [0.5, 0.6) is 0 Å². The van der Waals surface area contributed by atoms with Crippen LogP contribution >= 0.6 is 11.3 Å². The fraction of sp³-hybridized carbons (Fsp3) is 0.583. The maximum absolute atomic E-state index is 11.8. The molecule has 0 saturated heterocycles. The van der Waals surface area contributed by atoms with Gasteiger partial charge in [0.2, 0.25) is 11.8 Å². The van der Waals surface area contributed by atoms with Crippen LogP contribution in [0.3, 0.4) is 0 Å². The van der Waals surface area contributed by atoms with Gasteiger partial charge in [0.15, 0.2) is 5.13 Å². The third kappa shape index (κ3) is 4.83. The standard InChI is InChI=1S/C12H19N3O2S/c1-3-5-7-15(11(17)4-2)9-10(16)14-12-13-6-8-18-12/h6,8H,3-5,7,9H2,1-2H3,(H,13,14,16). The van der Waals surface area contributed by atoms with E-state index in [1.807, 2.05) is 0 Å². The van der Waals surface area contributed by atoms with E-state index in [9.17, 15) is 9.59 Å². The van der Waals surface area contributed by atoms with E-state index in [1.165, 1.54) is 11.3 Å². The van der Waals surface area contributed by atoms with Gasteiger partial charge in [0.1, 0.15) is 0 Å². The summed E-state index contributed by atoms with van der Waals surface area (Å²) in [6, 6.07) is 0. The number of carbonyl (C=O) groups excluding carboxylic acids is 2. The molecular weight excluding hydrogens is 250 g/mol. The molecule has 2 amide bonds.